The zero-order chi connectivity index (χ0) is 12.8. The summed E-state index contributed by atoms with van der Waals surface area (Å²) >= 11 is 6.00. The number of urea groups is 1. The molecule has 3 N–H and O–H groups in total. The van der Waals surface area contributed by atoms with Crippen LogP contribution in [0.15, 0.2) is 30.6 Å². The van der Waals surface area contributed by atoms with Gasteiger partial charge in [0.2, 0.25) is 5.95 Å². The maximum absolute atomic E-state index is 11.4. The highest BCUT2D eigenvalue weighted by molar-refractivity contribution is 6.31. The Bertz CT molecular complexity index is 514. The van der Waals surface area contributed by atoms with Gasteiger partial charge in [-0.05, 0) is 18.1 Å². The van der Waals surface area contributed by atoms with Gasteiger partial charge in [-0.1, -0.05) is 29.8 Å². The highest BCUT2D eigenvalue weighted by Gasteiger charge is 2.03. The number of aromatic nitrogens is 3. The summed E-state index contributed by atoms with van der Waals surface area (Å²) in [6.45, 7) is 0.490. The molecule has 0 fully saturated rings. The standard InChI is InChI=1S/C11H12ClN5O/c12-9-4-2-1-3-8(9)5-6-13-11(18)16-10-14-7-15-17-10/h1-4,7H,5-6H2,(H3,13,14,15,16,17,18). The summed E-state index contributed by atoms with van der Waals surface area (Å²) in [6.07, 6.45) is 1.99. The van der Waals surface area contributed by atoms with E-state index in [1.165, 1.54) is 6.33 Å². The molecule has 0 radical (unpaired) electrons. The SMILES string of the molecule is O=C(NCCc1ccccc1Cl)Nc1ncn[nH]1. The van der Waals surface area contributed by atoms with Gasteiger partial charge in [-0.25, -0.2) is 9.89 Å². The van der Waals surface area contributed by atoms with E-state index >= 15 is 0 Å². The molecule has 2 amide bonds. The molecule has 2 rings (SSSR count). The highest BCUT2D eigenvalue weighted by Crippen LogP contribution is 2.14. The number of nitrogens with zero attached hydrogens (tertiary/aromatic N) is 2. The van der Waals surface area contributed by atoms with Crippen LogP contribution in [0.4, 0.5) is 10.7 Å². The van der Waals surface area contributed by atoms with Crippen molar-refractivity contribution >= 4 is 23.6 Å². The fraction of sp³-hybridized carbons (Fsp3) is 0.182. The van der Waals surface area contributed by atoms with Crippen LogP contribution in [0, 0.1) is 0 Å². The van der Waals surface area contributed by atoms with Crippen LogP contribution in [0.5, 0.6) is 0 Å². The Morgan fingerprint density at radius 3 is 2.94 bits per heavy atom. The van der Waals surface area contributed by atoms with E-state index in [9.17, 15) is 4.79 Å². The number of rotatable bonds is 4. The van der Waals surface area contributed by atoms with E-state index in [1.807, 2.05) is 24.3 Å². The van der Waals surface area contributed by atoms with Crippen LogP contribution in [0.3, 0.4) is 0 Å². The third kappa shape index (κ3) is 3.46. The van der Waals surface area contributed by atoms with Crippen molar-refractivity contribution in [1.82, 2.24) is 20.5 Å². The molecular formula is C11H12ClN5O. The fourth-order valence-electron chi connectivity index (χ4n) is 1.43. The van der Waals surface area contributed by atoms with Crippen molar-refractivity contribution in [3.8, 4) is 0 Å². The molecule has 1 aromatic carbocycles. The Hall–Kier alpha value is -2.08. The molecule has 0 saturated heterocycles. The second-order valence-corrected chi connectivity index (χ2v) is 3.96. The fourth-order valence-corrected chi connectivity index (χ4v) is 1.66. The van der Waals surface area contributed by atoms with E-state index < -0.39 is 0 Å². The van der Waals surface area contributed by atoms with Gasteiger partial charge in [-0.2, -0.15) is 10.1 Å². The monoisotopic (exact) mass is 265 g/mol. The molecule has 0 atom stereocenters. The van der Waals surface area contributed by atoms with Crippen molar-refractivity contribution in [3.63, 3.8) is 0 Å². The average molecular weight is 266 g/mol. The Morgan fingerprint density at radius 1 is 1.39 bits per heavy atom. The maximum Gasteiger partial charge on any atom is 0.321 e. The molecule has 0 saturated carbocycles. The first-order valence-electron chi connectivity index (χ1n) is 5.39. The first-order valence-corrected chi connectivity index (χ1v) is 5.77. The van der Waals surface area contributed by atoms with Crippen LogP contribution < -0.4 is 10.6 Å². The number of hydrogen-bond donors (Lipinski definition) is 3. The number of carbonyl (C=O) groups is 1. The number of nitrogens with one attached hydrogen (secondary N) is 3. The lowest BCUT2D eigenvalue weighted by Crippen LogP contribution is -2.30. The van der Waals surface area contributed by atoms with Crippen LogP contribution in [0.1, 0.15) is 5.56 Å². The molecule has 0 unspecified atom stereocenters. The second kappa shape index (κ2) is 6.02. The summed E-state index contributed by atoms with van der Waals surface area (Å²) in [7, 11) is 0. The Kier molecular flexibility index (Phi) is 4.14. The van der Waals surface area contributed by atoms with Gasteiger partial charge in [0.05, 0.1) is 0 Å². The number of halogens is 1. The lowest BCUT2D eigenvalue weighted by atomic mass is 10.1. The summed E-state index contributed by atoms with van der Waals surface area (Å²) in [6, 6.07) is 7.20. The van der Waals surface area contributed by atoms with E-state index in [0.29, 0.717) is 23.9 Å². The van der Waals surface area contributed by atoms with Gasteiger partial charge < -0.3 is 5.32 Å². The quantitative estimate of drug-likeness (QED) is 0.789. The summed E-state index contributed by atoms with van der Waals surface area (Å²) in [5.74, 6) is 0.310. The second-order valence-electron chi connectivity index (χ2n) is 3.56. The van der Waals surface area contributed by atoms with Crippen LogP contribution in [0.25, 0.3) is 0 Å². The number of anilines is 1. The zero-order valence-corrected chi connectivity index (χ0v) is 10.2. The smallest absolute Gasteiger partial charge is 0.321 e. The van der Waals surface area contributed by atoms with Gasteiger partial charge in [-0.15, -0.1) is 0 Å². The molecule has 0 spiro atoms. The van der Waals surface area contributed by atoms with E-state index in [2.05, 4.69) is 25.8 Å². The van der Waals surface area contributed by atoms with E-state index in [4.69, 9.17) is 11.6 Å². The van der Waals surface area contributed by atoms with E-state index in [1.54, 1.807) is 0 Å². The van der Waals surface area contributed by atoms with E-state index in [0.717, 1.165) is 5.56 Å². The summed E-state index contributed by atoms with van der Waals surface area (Å²) in [4.78, 5) is 15.2. The molecule has 0 bridgehead atoms. The lowest BCUT2D eigenvalue weighted by molar-refractivity contribution is 0.252. The van der Waals surface area contributed by atoms with Crippen LogP contribution in [-0.4, -0.2) is 27.8 Å². The molecule has 1 heterocycles. The molecule has 0 aliphatic rings. The number of aromatic amines is 1. The zero-order valence-electron chi connectivity index (χ0n) is 9.48. The van der Waals surface area contributed by atoms with Gasteiger partial charge in [0, 0.05) is 11.6 Å². The Labute approximate surface area is 109 Å². The number of carbonyl (C=O) groups excluding carboxylic acids is 1. The van der Waals surface area contributed by atoms with Crippen molar-refractivity contribution in [1.29, 1.82) is 0 Å². The predicted molar refractivity (Wildman–Crippen MR) is 68.6 cm³/mol. The van der Waals surface area contributed by atoms with Crippen molar-refractivity contribution in [2.24, 2.45) is 0 Å². The molecule has 0 aliphatic carbocycles. The normalized spacial score (nSPS) is 10.1. The van der Waals surface area contributed by atoms with Crippen molar-refractivity contribution in [2.45, 2.75) is 6.42 Å². The number of benzene rings is 1. The number of amides is 2. The first-order chi connectivity index (χ1) is 8.75. The topological polar surface area (TPSA) is 82.7 Å². The third-order valence-electron chi connectivity index (χ3n) is 2.28. The van der Waals surface area contributed by atoms with Crippen LogP contribution >= 0.6 is 11.6 Å². The number of hydrogen-bond acceptors (Lipinski definition) is 3. The lowest BCUT2D eigenvalue weighted by Gasteiger charge is -2.06. The molecule has 94 valence electrons. The summed E-state index contributed by atoms with van der Waals surface area (Å²) in [5, 5.41) is 12.1. The predicted octanol–water partition coefficient (Wildman–Crippen LogP) is 1.82. The van der Waals surface area contributed by atoms with Gasteiger partial charge in [0.1, 0.15) is 6.33 Å². The van der Waals surface area contributed by atoms with Gasteiger partial charge >= 0.3 is 6.03 Å². The molecule has 7 heteroatoms. The molecule has 6 nitrogen and oxygen atoms in total. The van der Waals surface area contributed by atoms with Gasteiger partial charge in [0.25, 0.3) is 0 Å². The maximum atomic E-state index is 11.4. The van der Waals surface area contributed by atoms with Crippen LogP contribution in [0.2, 0.25) is 5.02 Å². The van der Waals surface area contributed by atoms with Gasteiger partial charge in [-0.3, -0.25) is 5.32 Å². The van der Waals surface area contributed by atoms with Crippen molar-refractivity contribution in [2.75, 3.05) is 11.9 Å². The molecular weight excluding hydrogens is 254 g/mol. The van der Waals surface area contributed by atoms with Crippen LogP contribution in [-0.2, 0) is 6.42 Å². The minimum absolute atomic E-state index is 0.310. The minimum atomic E-state index is -0.334. The molecule has 1 aromatic heterocycles. The minimum Gasteiger partial charge on any atom is -0.337 e. The first kappa shape index (κ1) is 12.4. The van der Waals surface area contributed by atoms with Crippen molar-refractivity contribution in [3.05, 3.63) is 41.2 Å². The highest BCUT2D eigenvalue weighted by atomic mass is 35.5. The molecule has 2 aromatic rings. The van der Waals surface area contributed by atoms with Crippen molar-refractivity contribution < 1.29 is 4.79 Å². The molecule has 0 aliphatic heterocycles. The van der Waals surface area contributed by atoms with E-state index in [-0.39, 0.29) is 6.03 Å². The Morgan fingerprint density at radius 2 is 2.22 bits per heavy atom. The van der Waals surface area contributed by atoms with Gasteiger partial charge in [0.15, 0.2) is 0 Å². The summed E-state index contributed by atoms with van der Waals surface area (Å²) in [5.41, 5.74) is 0.999. The third-order valence-corrected chi connectivity index (χ3v) is 2.65. The molecule has 18 heavy (non-hydrogen) atoms. The average Bonchev–Trinajstić information content (AvgIpc) is 2.84. The summed E-state index contributed by atoms with van der Waals surface area (Å²) < 4.78 is 0. The largest absolute Gasteiger partial charge is 0.337 e. The Balaban J connectivity index is 1.75. The number of H-pyrrole nitrogens is 1.